The average Bonchev–Trinajstić information content (AvgIpc) is 3.34. The van der Waals surface area contributed by atoms with Gasteiger partial charge in [0.2, 0.25) is 0 Å². The molecule has 46 heavy (non-hydrogen) atoms. The number of piperidine rings is 1. The molecule has 2 saturated carbocycles. The van der Waals surface area contributed by atoms with Crippen molar-refractivity contribution in [2.75, 3.05) is 33.7 Å². The number of nitrogens with one attached hydrogen (secondary N) is 2. The second-order valence-electron chi connectivity index (χ2n) is 14.4. The summed E-state index contributed by atoms with van der Waals surface area (Å²) in [6.07, 6.45) is 9.09. The maximum Gasteiger partial charge on any atom is 0.299 e. The third-order valence-corrected chi connectivity index (χ3v) is 11.6. The number of aromatic nitrogens is 2. The lowest BCUT2D eigenvalue weighted by atomic mass is 9.98. The summed E-state index contributed by atoms with van der Waals surface area (Å²) in [7, 11) is 4.35. The molecule has 3 fully saturated rings. The molecule has 8 rings (SSSR count). The van der Waals surface area contributed by atoms with Gasteiger partial charge in [0.1, 0.15) is 5.82 Å². The van der Waals surface area contributed by atoms with Crippen molar-refractivity contribution in [3.8, 4) is 22.3 Å². The number of hydrogen-bond acceptors (Lipinski definition) is 5. The van der Waals surface area contributed by atoms with Crippen LogP contribution in [0.25, 0.3) is 39.0 Å². The Morgan fingerprint density at radius 2 is 1.80 bits per heavy atom. The van der Waals surface area contributed by atoms with Gasteiger partial charge < -0.3 is 20.9 Å². The smallest absolute Gasteiger partial charge is 0.299 e. The van der Waals surface area contributed by atoms with Crippen LogP contribution in [0.15, 0.2) is 60.8 Å². The van der Waals surface area contributed by atoms with Gasteiger partial charge >= 0.3 is 0 Å². The molecule has 3 atom stereocenters. The van der Waals surface area contributed by atoms with Crippen LogP contribution in [0.4, 0.5) is 8.78 Å². The minimum atomic E-state index is -3.12. The van der Waals surface area contributed by atoms with E-state index in [0.717, 1.165) is 41.1 Å². The number of halogens is 2. The van der Waals surface area contributed by atoms with Gasteiger partial charge in [-0.25, -0.2) is 4.98 Å². The first-order chi connectivity index (χ1) is 22.2. The molecule has 2 bridgehead atoms. The number of likely N-dealkylation sites (N-methyl/N-ethyl adjacent to an activating group) is 1. The third-order valence-electron chi connectivity index (χ3n) is 11.6. The van der Waals surface area contributed by atoms with Crippen molar-refractivity contribution in [3.05, 3.63) is 83.3 Å². The van der Waals surface area contributed by atoms with Crippen LogP contribution in [0.5, 0.6) is 0 Å². The first-order valence-corrected chi connectivity index (χ1v) is 16.9. The quantitative estimate of drug-likeness (QED) is 0.171. The molecule has 0 radical (unpaired) electrons. The number of likely N-dealkylation sites (tertiary alicyclic amines) is 1. The summed E-state index contributed by atoms with van der Waals surface area (Å²) in [5.74, 6) is -1.45. The van der Waals surface area contributed by atoms with Crippen molar-refractivity contribution in [2.24, 2.45) is 17.1 Å². The minimum Gasteiger partial charge on any atom is -0.403 e. The number of fused-ring (bicyclic) bond motifs is 6. The lowest BCUT2D eigenvalue weighted by molar-refractivity contribution is 0.0480. The van der Waals surface area contributed by atoms with Crippen LogP contribution in [0.2, 0.25) is 0 Å². The SMILES string of the molecule is CCC1(CN(C)CCN/C(=C\N)c2ccc3c(c2)C(F)(F)c2cc(-c4ccc5nc(C6C7CCC(C7)N6C)[nH]c5c4)ccc2-3)CC1. The molecule has 1 saturated heterocycles. The van der Waals surface area contributed by atoms with Gasteiger partial charge in [-0.05, 0) is 116 Å². The fraction of sp³-hybridized carbons (Fsp3) is 0.447. The van der Waals surface area contributed by atoms with Gasteiger partial charge in [0.05, 0.1) is 22.8 Å². The van der Waals surface area contributed by atoms with E-state index in [1.807, 2.05) is 42.5 Å². The van der Waals surface area contributed by atoms with E-state index in [1.54, 1.807) is 12.1 Å². The summed E-state index contributed by atoms with van der Waals surface area (Å²) < 4.78 is 32.3. The normalized spacial score (nSPS) is 24.1. The van der Waals surface area contributed by atoms with Crippen molar-refractivity contribution in [2.45, 2.75) is 63.5 Å². The van der Waals surface area contributed by atoms with Gasteiger partial charge in [0, 0.05) is 43.0 Å². The number of imidazole rings is 1. The molecule has 4 aliphatic rings. The summed E-state index contributed by atoms with van der Waals surface area (Å²) in [5, 5.41) is 3.39. The lowest BCUT2D eigenvalue weighted by Gasteiger charge is -2.30. The summed E-state index contributed by atoms with van der Waals surface area (Å²) >= 11 is 0. The Kier molecular flexibility index (Phi) is 7.03. The standard InChI is InChI=1S/C38H44F2N6/c1-4-37(13-14-37)22-45(2)16-15-42-34(21-41)25-7-11-29-28-10-6-23(18-30(28)38(39,40)31(29)19-25)24-8-12-32-33(20-24)44-36(43-32)35-26-5-9-27(17-26)46(35)3/h6-8,10-12,18-21,26-27,35,42H,4-5,9,13-17,22,41H2,1-3H3,(H,43,44)/b34-21-. The van der Waals surface area contributed by atoms with Gasteiger partial charge in [-0.1, -0.05) is 37.3 Å². The van der Waals surface area contributed by atoms with Crippen LogP contribution < -0.4 is 11.1 Å². The van der Waals surface area contributed by atoms with Gasteiger partial charge in [0.15, 0.2) is 0 Å². The molecular formula is C38H44F2N6. The molecule has 3 unspecified atom stereocenters. The number of alkyl halides is 2. The molecule has 4 N–H and O–H groups in total. The molecule has 6 nitrogen and oxygen atoms in total. The van der Waals surface area contributed by atoms with E-state index in [9.17, 15) is 0 Å². The highest BCUT2D eigenvalue weighted by Crippen LogP contribution is 2.53. The van der Waals surface area contributed by atoms with Gasteiger partial charge in [-0.2, -0.15) is 8.78 Å². The number of benzene rings is 3. The number of rotatable bonds is 10. The Morgan fingerprint density at radius 3 is 2.52 bits per heavy atom. The maximum absolute atomic E-state index is 16.2. The van der Waals surface area contributed by atoms with Crippen LogP contribution in [-0.2, 0) is 5.92 Å². The molecular weight excluding hydrogens is 578 g/mol. The highest BCUT2D eigenvalue weighted by atomic mass is 19.3. The number of aromatic amines is 1. The molecule has 1 aliphatic heterocycles. The Bertz CT molecular complexity index is 1840. The van der Waals surface area contributed by atoms with Gasteiger partial charge in [-0.15, -0.1) is 0 Å². The van der Waals surface area contributed by atoms with Gasteiger partial charge in [0.25, 0.3) is 5.92 Å². The predicted octanol–water partition coefficient (Wildman–Crippen LogP) is 7.47. The first kappa shape index (κ1) is 29.6. The van der Waals surface area contributed by atoms with E-state index >= 15 is 8.78 Å². The van der Waals surface area contributed by atoms with E-state index in [1.165, 1.54) is 44.7 Å². The molecule has 8 heteroatoms. The molecule has 0 amide bonds. The molecule has 240 valence electrons. The maximum atomic E-state index is 16.2. The van der Waals surface area contributed by atoms with Crippen molar-refractivity contribution >= 4 is 16.7 Å². The van der Waals surface area contributed by atoms with Crippen molar-refractivity contribution in [1.82, 2.24) is 25.1 Å². The van der Waals surface area contributed by atoms with E-state index < -0.39 is 5.92 Å². The highest BCUT2D eigenvalue weighted by molar-refractivity contribution is 5.86. The number of nitrogens with zero attached hydrogens (tertiary/aromatic N) is 3. The van der Waals surface area contributed by atoms with E-state index in [-0.39, 0.29) is 11.1 Å². The van der Waals surface area contributed by atoms with Crippen LogP contribution in [-0.4, -0.2) is 59.5 Å². The number of hydrogen-bond donors (Lipinski definition) is 3. The Balaban J connectivity index is 1.01. The molecule has 4 aromatic rings. The fourth-order valence-corrected chi connectivity index (χ4v) is 8.63. The molecule has 3 aliphatic carbocycles. The van der Waals surface area contributed by atoms with Gasteiger partial charge in [-0.3, -0.25) is 4.90 Å². The van der Waals surface area contributed by atoms with Crippen molar-refractivity contribution in [3.63, 3.8) is 0 Å². The minimum absolute atomic E-state index is 0.0256. The monoisotopic (exact) mass is 622 g/mol. The van der Waals surface area contributed by atoms with E-state index in [0.29, 0.717) is 52.3 Å². The first-order valence-electron chi connectivity index (χ1n) is 16.9. The number of nitrogens with two attached hydrogens (primary N) is 1. The largest absolute Gasteiger partial charge is 0.403 e. The third kappa shape index (κ3) is 4.83. The second kappa shape index (κ2) is 10.9. The fourth-order valence-electron chi connectivity index (χ4n) is 8.63. The van der Waals surface area contributed by atoms with Crippen LogP contribution in [0.1, 0.15) is 74.0 Å². The van der Waals surface area contributed by atoms with E-state index in [4.69, 9.17) is 10.7 Å². The average molecular weight is 623 g/mol. The van der Waals surface area contributed by atoms with Crippen LogP contribution in [0, 0.1) is 11.3 Å². The van der Waals surface area contributed by atoms with Crippen molar-refractivity contribution < 1.29 is 8.78 Å². The second-order valence-corrected chi connectivity index (χ2v) is 14.4. The molecule has 3 aromatic carbocycles. The summed E-state index contributed by atoms with van der Waals surface area (Å²) in [5.41, 5.74) is 12.6. The highest BCUT2D eigenvalue weighted by Gasteiger charge is 2.46. The zero-order valence-corrected chi connectivity index (χ0v) is 27.0. The van der Waals surface area contributed by atoms with Crippen molar-refractivity contribution in [1.29, 1.82) is 0 Å². The Hall–Kier alpha value is -3.75. The molecule has 1 aromatic heterocycles. The summed E-state index contributed by atoms with van der Waals surface area (Å²) in [6.45, 7) is 4.91. The summed E-state index contributed by atoms with van der Waals surface area (Å²) in [4.78, 5) is 13.3. The Labute approximate surface area is 270 Å². The van der Waals surface area contributed by atoms with E-state index in [2.05, 4.69) is 41.1 Å². The zero-order valence-electron chi connectivity index (χ0n) is 27.0. The molecule has 2 heterocycles. The Morgan fingerprint density at radius 1 is 1.07 bits per heavy atom. The number of H-pyrrole nitrogens is 1. The zero-order chi connectivity index (χ0) is 31.8. The van der Waals surface area contributed by atoms with Crippen LogP contribution in [0.3, 0.4) is 0 Å². The molecule has 0 spiro atoms. The summed E-state index contributed by atoms with van der Waals surface area (Å²) in [6, 6.07) is 17.8. The van der Waals surface area contributed by atoms with Crippen LogP contribution >= 0.6 is 0 Å². The predicted molar refractivity (Wildman–Crippen MR) is 181 cm³/mol. The lowest BCUT2D eigenvalue weighted by Crippen LogP contribution is -2.33. The topological polar surface area (TPSA) is 73.2 Å².